The monoisotopic (exact) mass is 177 g/mol. The number of fused-ring (bicyclic) bond motifs is 1. The zero-order valence-electron chi connectivity index (χ0n) is 7.61. The molecule has 2 heterocycles. The first-order valence-corrected chi connectivity index (χ1v) is 4.14. The van der Waals surface area contributed by atoms with E-state index in [1.165, 1.54) is 0 Å². The Morgan fingerprint density at radius 2 is 2.23 bits per heavy atom. The Balaban J connectivity index is 2.53. The molecule has 1 aliphatic rings. The predicted molar refractivity (Wildman–Crippen MR) is 49.5 cm³/mol. The van der Waals surface area contributed by atoms with Crippen LogP contribution in [0.25, 0.3) is 6.08 Å². The third kappa shape index (κ3) is 1.26. The molecule has 0 aliphatic carbocycles. The molecule has 0 radical (unpaired) electrons. The van der Waals surface area contributed by atoms with Gasteiger partial charge in [-0.1, -0.05) is 0 Å². The van der Waals surface area contributed by atoms with Crippen LogP contribution in [0.15, 0.2) is 24.2 Å². The second-order valence-corrected chi connectivity index (χ2v) is 3.56. The number of nitrogens with zero attached hydrogens (tertiary/aromatic N) is 1. The highest BCUT2D eigenvalue weighted by Crippen LogP contribution is 2.33. The molecule has 3 heteroatoms. The molecule has 0 fully saturated rings. The van der Waals surface area contributed by atoms with Gasteiger partial charge in [-0.25, -0.2) is 0 Å². The van der Waals surface area contributed by atoms with Crippen molar-refractivity contribution in [1.82, 2.24) is 4.98 Å². The average Bonchev–Trinajstić information content (AvgIpc) is 2.06. The van der Waals surface area contributed by atoms with Crippen LogP contribution < -0.4 is 4.74 Å². The molecule has 0 spiro atoms. The van der Waals surface area contributed by atoms with Gasteiger partial charge in [0.1, 0.15) is 11.5 Å². The first-order chi connectivity index (χ1) is 6.09. The smallest absolute Gasteiger partial charge is 0.160 e. The van der Waals surface area contributed by atoms with Gasteiger partial charge in [-0.2, -0.15) is 0 Å². The molecule has 0 saturated carbocycles. The fraction of sp³-hybridized carbons (Fsp3) is 0.300. The first kappa shape index (κ1) is 8.10. The molecule has 0 bridgehead atoms. The third-order valence-electron chi connectivity index (χ3n) is 2.08. The summed E-state index contributed by atoms with van der Waals surface area (Å²) in [5.41, 5.74) is 0.188. The summed E-state index contributed by atoms with van der Waals surface area (Å²) in [6, 6.07) is 1.79. The lowest BCUT2D eigenvalue weighted by Gasteiger charge is -2.30. The summed E-state index contributed by atoms with van der Waals surface area (Å²) in [6.45, 7) is 3.64. The molecule has 68 valence electrons. The maximum absolute atomic E-state index is 9.59. The van der Waals surface area contributed by atoms with Crippen LogP contribution in [0.5, 0.6) is 5.75 Å². The van der Waals surface area contributed by atoms with Crippen molar-refractivity contribution in [3.8, 4) is 5.75 Å². The highest BCUT2D eigenvalue weighted by molar-refractivity contribution is 5.61. The van der Waals surface area contributed by atoms with Gasteiger partial charge in [-0.05, 0) is 26.0 Å². The van der Waals surface area contributed by atoms with E-state index in [4.69, 9.17) is 4.74 Å². The fourth-order valence-electron chi connectivity index (χ4n) is 1.24. The standard InChI is InChI=1S/C10H11NO2/c1-10(2)9(12)5-7-6-11-4-3-8(7)13-10/h3-6,12H,1-2H3. The van der Waals surface area contributed by atoms with Gasteiger partial charge in [0.05, 0.1) is 0 Å². The van der Waals surface area contributed by atoms with E-state index in [9.17, 15) is 5.11 Å². The number of aliphatic hydroxyl groups excluding tert-OH is 1. The molecule has 0 aromatic carbocycles. The summed E-state index contributed by atoms with van der Waals surface area (Å²) in [5, 5.41) is 9.59. The van der Waals surface area contributed by atoms with E-state index < -0.39 is 5.60 Å². The van der Waals surface area contributed by atoms with E-state index in [0.29, 0.717) is 0 Å². The lowest BCUT2D eigenvalue weighted by Crippen LogP contribution is -2.33. The molecule has 13 heavy (non-hydrogen) atoms. The number of aromatic nitrogens is 1. The Hall–Kier alpha value is -1.51. The lowest BCUT2D eigenvalue weighted by molar-refractivity contribution is 0.0935. The van der Waals surface area contributed by atoms with E-state index in [-0.39, 0.29) is 5.76 Å². The zero-order valence-corrected chi connectivity index (χ0v) is 7.61. The molecular weight excluding hydrogens is 166 g/mol. The molecule has 0 saturated heterocycles. The van der Waals surface area contributed by atoms with E-state index in [0.717, 1.165) is 11.3 Å². The average molecular weight is 177 g/mol. The Morgan fingerprint density at radius 3 is 3.00 bits per heavy atom. The minimum absolute atomic E-state index is 0.230. The maximum Gasteiger partial charge on any atom is 0.160 e. The van der Waals surface area contributed by atoms with E-state index in [1.807, 2.05) is 13.8 Å². The molecule has 1 aromatic rings. The van der Waals surface area contributed by atoms with Crippen LogP contribution in [-0.4, -0.2) is 15.7 Å². The maximum atomic E-state index is 9.59. The van der Waals surface area contributed by atoms with Crippen LogP contribution in [0.4, 0.5) is 0 Å². The molecule has 1 aromatic heterocycles. The van der Waals surface area contributed by atoms with Gasteiger partial charge < -0.3 is 9.84 Å². The summed E-state index contributed by atoms with van der Waals surface area (Å²) < 4.78 is 5.57. The molecule has 3 nitrogen and oxygen atoms in total. The van der Waals surface area contributed by atoms with E-state index in [1.54, 1.807) is 24.5 Å². The molecule has 0 atom stereocenters. The molecule has 0 amide bonds. The number of ether oxygens (including phenoxy) is 1. The van der Waals surface area contributed by atoms with Crippen LogP contribution in [0, 0.1) is 0 Å². The summed E-state index contributed by atoms with van der Waals surface area (Å²) >= 11 is 0. The number of hydrogen-bond acceptors (Lipinski definition) is 3. The van der Waals surface area contributed by atoms with E-state index >= 15 is 0 Å². The van der Waals surface area contributed by atoms with Gasteiger partial charge in [-0.3, -0.25) is 4.98 Å². The summed E-state index contributed by atoms with van der Waals surface area (Å²) in [4.78, 5) is 3.94. The lowest BCUT2D eigenvalue weighted by atomic mass is 10.0. The quantitative estimate of drug-likeness (QED) is 0.660. The Kier molecular flexibility index (Phi) is 1.55. The van der Waals surface area contributed by atoms with Gasteiger partial charge in [0.25, 0.3) is 0 Å². The summed E-state index contributed by atoms with van der Waals surface area (Å²) in [6.07, 6.45) is 5.03. The molecule has 0 unspecified atom stereocenters. The Bertz CT molecular complexity index is 369. The van der Waals surface area contributed by atoms with Crippen molar-refractivity contribution >= 4 is 6.08 Å². The predicted octanol–water partition coefficient (Wildman–Crippen LogP) is 2.15. The van der Waals surface area contributed by atoms with Crippen LogP contribution in [0.3, 0.4) is 0 Å². The van der Waals surface area contributed by atoms with Gasteiger partial charge >= 0.3 is 0 Å². The fourth-order valence-corrected chi connectivity index (χ4v) is 1.24. The van der Waals surface area contributed by atoms with Crippen LogP contribution >= 0.6 is 0 Å². The van der Waals surface area contributed by atoms with Crippen molar-refractivity contribution in [1.29, 1.82) is 0 Å². The van der Waals surface area contributed by atoms with Gasteiger partial charge in [0, 0.05) is 18.0 Å². The van der Waals surface area contributed by atoms with Crippen LogP contribution in [0.2, 0.25) is 0 Å². The summed E-state index contributed by atoms with van der Waals surface area (Å²) in [7, 11) is 0. The van der Waals surface area contributed by atoms with E-state index in [2.05, 4.69) is 4.98 Å². The SMILES string of the molecule is CC1(C)Oc2ccncc2C=C1O. The minimum atomic E-state index is -0.631. The highest BCUT2D eigenvalue weighted by Gasteiger charge is 2.29. The third-order valence-corrected chi connectivity index (χ3v) is 2.08. The van der Waals surface area contributed by atoms with Crippen molar-refractivity contribution < 1.29 is 9.84 Å². The van der Waals surface area contributed by atoms with Crippen molar-refractivity contribution in [2.24, 2.45) is 0 Å². The number of rotatable bonds is 0. The number of hydrogen-bond donors (Lipinski definition) is 1. The second-order valence-electron chi connectivity index (χ2n) is 3.56. The van der Waals surface area contributed by atoms with Crippen molar-refractivity contribution in [3.63, 3.8) is 0 Å². The minimum Gasteiger partial charge on any atom is -0.508 e. The van der Waals surface area contributed by atoms with Crippen molar-refractivity contribution in [2.45, 2.75) is 19.4 Å². The normalized spacial score (nSPS) is 18.5. The number of pyridine rings is 1. The zero-order chi connectivity index (χ0) is 9.47. The summed E-state index contributed by atoms with van der Waals surface area (Å²) in [5.74, 6) is 0.991. The topological polar surface area (TPSA) is 42.4 Å². The molecule has 2 rings (SSSR count). The number of aliphatic hydroxyl groups is 1. The van der Waals surface area contributed by atoms with Crippen molar-refractivity contribution in [2.75, 3.05) is 0 Å². The first-order valence-electron chi connectivity index (χ1n) is 4.14. The van der Waals surface area contributed by atoms with Gasteiger partial charge in [0.15, 0.2) is 5.60 Å². The molecule has 1 aliphatic heterocycles. The molecule has 1 N–H and O–H groups in total. The second kappa shape index (κ2) is 2.49. The van der Waals surface area contributed by atoms with Gasteiger partial charge in [-0.15, -0.1) is 0 Å². The van der Waals surface area contributed by atoms with Gasteiger partial charge in [0.2, 0.25) is 0 Å². The van der Waals surface area contributed by atoms with Crippen molar-refractivity contribution in [3.05, 3.63) is 29.8 Å². The highest BCUT2D eigenvalue weighted by atomic mass is 16.5. The Labute approximate surface area is 76.7 Å². The Morgan fingerprint density at radius 1 is 1.46 bits per heavy atom. The van der Waals surface area contributed by atoms with Crippen LogP contribution in [-0.2, 0) is 0 Å². The van der Waals surface area contributed by atoms with Crippen LogP contribution in [0.1, 0.15) is 19.4 Å². The molecular formula is C10H11NO2. The largest absolute Gasteiger partial charge is 0.508 e.